The highest BCUT2D eigenvalue weighted by Gasteiger charge is 2.27. The molecule has 0 radical (unpaired) electrons. The van der Waals surface area contributed by atoms with Crippen molar-refractivity contribution in [1.82, 2.24) is 15.1 Å². The fourth-order valence-electron chi connectivity index (χ4n) is 3.60. The Labute approximate surface area is 166 Å². The van der Waals surface area contributed by atoms with Gasteiger partial charge in [-0.25, -0.2) is 14.2 Å². The highest BCUT2D eigenvalue weighted by Crippen LogP contribution is 2.36. The third-order valence-corrected chi connectivity index (χ3v) is 4.96. The maximum atomic E-state index is 14.2. The third-order valence-electron chi connectivity index (χ3n) is 4.96. The molecule has 4 rings (SSSR count). The van der Waals surface area contributed by atoms with E-state index in [-0.39, 0.29) is 17.7 Å². The lowest BCUT2D eigenvalue weighted by molar-refractivity contribution is 0.366. The zero-order chi connectivity index (χ0) is 20.5. The van der Waals surface area contributed by atoms with Gasteiger partial charge in [0.05, 0.1) is 18.7 Å². The van der Waals surface area contributed by atoms with Crippen molar-refractivity contribution in [3.63, 3.8) is 0 Å². The monoisotopic (exact) mass is 393 g/mol. The lowest BCUT2D eigenvalue weighted by Gasteiger charge is -2.20. The molecule has 6 nitrogen and oxygen atoms in total. The first kappa shape index (κ1) is 18.9. The van der Waals surface area contributed by atoms with Crippen molar-refractivity contribution in [3.8, 4) is 17.1 Å². The number of nitrogens with one attached hydrogen (secondary N) is 1. The molecule has 0 aliphatic carbocycles. The number of aromatic nitrogens is 3. The molecule has 2 heterocycles. The van der Waals surface area contributed by atoms with E-state index in [1.165, 1.54) is 6.07 Å². The summed E-state index contributed by atoms with van der Waals surface area (Å²) in [6.45, 7) is 4.02. The van der Waals surface area contributed by atoms with Gasteiger partial charge in [0.25, 0.3) is 0 Å². The Morgan fingerprint density at radius 2 is 1.97 bits per heavy atom. The third kappa shape index (κ3) is 3.51. The second kappa shape index (κ2) is 7.50. The molecular weight excluding hydrogens is 373 g/mol. The van der Waals surface area contributed by atoms with Gasteiger partial charge < -0.3 is 4.74 Å². The van der Waals surface area contributed by atoms with Crippen LogP contribution in [0.1, 0.15) is 31.2 Å². The van der Waals surface area contributed by atoms with Gasteiger partial charge in [-0.1, -0.05) is 49.3 Å². The highest BCUT2D eigenvalue weighted by molar-refractivity contribution is 5.87. The summed E-state index contributed by atoms with van der Waals surface area (Å²) in [6, 6.07) is 14.3. The number of fused-ring (bicyclic) bond motifs is 1. The number of methoxy groups -OCH3 is 1. The summed E-state index contributed by atoms with van der Waals surface area (Å²) < 4.78 is 24.4. The quantitative estimate of drug-likeness (QED) is 0.539. The highest BCUT2D eigenvalue weighted by atomic mass is 19.1. The van der Waals surface area contributed by atoms with Gasteiger partial charge in [-0.05, 0) is 29.5 Å². The van der Waals surface area contributed by atoms with Crippen molar-refractivity contribution in [3.05, 3.63) is 76.3 Å². The molecule has 1 N–H and O–H groups in total. The molecule has 148 valence electrons. The predicted molar refractivity (Wildman–Crippen MR) is 107 cm³/mol. The minimum atomic E-state index is -0.604. The van der Waals surface area contributed by atoms with E-state index in [4.69, 9.17) is 4.74 Å². The maximum absolute atomic E-state index is 14.2. The van der Waals surface area contributed by atoms with E-state index in [1.54, 1.807) is 19.2 Å². The summed E-state index contributed by atoms with van der Waals surface area (Å²) in [4.78, 5) is 18.7. The van der Waals surface area contributed by atoms with Gasteiger partial charge in [0.1, 0.15) is 5.82 Å². The Balaban J connectivity index is 1.81. The predicted octanol–water partition coefficient (Wildman–Crippen LogP) is 4.51. The van der Waals surface area contributed by atoms with Gasteiger partial charge in [0, 0.05) is 16.5 Å². The van der Waals surface area contributed by atoms with Crippen LogP contribution in [0.5, 0.6) is 5.88 Å². The van der Waals surface area contributed by atoms with Gasteiger partial charge in [-0.3, -0.25) is 9.51 Å². The Kier molecular flexibility index (Phi) is 4.88. The number of nitrogens with zero attached hydrogens (tertiary/aromatic N) is 2. The topological polar surface area (TPSA) is 81.0 Å². The molecule has 0 spiro atoms. The lowest BCUT2D eigenvalue weighted by atomic mass is 9.88. The van der Waals surface area contributed by atoms with Gasteiger partial charge in [0.2, 0.25) is 5.88 Å². The average Bonchev–Trinajstić information content (AvgIpc) is 3.14. The normalized spacial score (nSPS) is 12.4. The van der Waals surface area contributed by atoms with Gasteiger partial charge in [0.15, 0.2) is 5.82 Å². The van der Waals surface area contributed by atoms with E-state index < -0.39 is 5.76 Å². The standard InChI is InChI=1S/C22H20FN3O3/c1-12(2)19(20-25-22(27)29-26-20)15-9-10-18(24-21(15)28-3)14-8-7-13-5-4-6-17(23)16(13)11-14/h4-12,19H,1-3H3,(H,25,26,27). The molecule has 0 saturated carbocycles. The second-order valence-corrected chi connectivity index (χ2v) is 7.17. The molecule has 0 bridgehead atoms. The van der Waals surface area contributed by atoms with Crippen LogP contribution in [0.15, 0.2) is 57.8 Å². The largest absolute Gasteiger partial charge is 0.481 e. The minimum absolute atomic E-state index is 0.104. The maximum Gasteiger partial charge on any atom is 0.438 e. The van der Waals surface area contributed by atoms with Crippen molar-refractivity contribution >= 4 is 10.8 Å². The summed E-state index contributed by atoms with van der Waals surface area (Å²) in [6.07, 6.45) is 0. The first-order chi connectivity index (χ1) is 14.0. The van der Waals surface area contributed by atoms with Crippen LogP contribution >= 0.6 is 0 Å². The zero-order valence-corrected chi connectivity index (χ0v) is 16.3. The average molecular weight is 393 g/mol. The van der Waals surface area contributed by atoms with E-state index in [9.17, 15) is 9.18 Å². The number of halogens is 1. The van der Waals surface area contributed by atoms with E-state index in [0.29, 0.717) is 22.8 Å². The smallest absolute Gasteiger partial charge is 0.438 e. The number of hydrogen-bond donors (Lipinski definition) is 1. The molecule has 0 aliphatic heterocycles. The summed E-state index contributed by atoms with van der Waals surface area (Å²) >= 11 is 0. The number of H-pyrrole nitrogens is 1. The molecule has 29 heavy (non-hydrogen) atoms. The molecule has 0 fully saturated rings. The second-order valence-electron chi connectivity index (χ2n) is 7.17. The van der Waals surface area contributed by atoms with E-state index in [1.807, 2.05) is 44.2 Å². The van der Waals surface area contributed by atoms with Crippen LogP contribution in [-0.4, -0.2) is 22.2 Å². The van der Waals surface area contributed by atoms with Crippen molar-refractivity contribution < 1.29 is 13.7 Å². The number of ether oxygens (including phenoxy) is 1. The molecule has 2 aromatic heterocycles. The molecular formula is C22H20FN3O3. The van der Waals surface area contributed by atoms with Crippen LogP contribution in [0, 0.1) is 11.7 Å². The molecule has 2 aromatic carbocycles. The van der Waals surface area contributed by atoms with Crippen molar-refractivity contribution in [1.29, 1.82) is 0 Å². The van der Waals surface area contributed by atoms with Crippen LogP contribution < -0.4 is 10.5 Å². The summed E-state index contributed by atoms with van der Waals surface area (Å²) in [5.41, 5.74) is 2.22. The fraction of sp³-hybridized carbons (Fsp3) is 0.227. The first-order valence-corrected chi connectivity index (χ1v) is 9.27. The Hall–Kier alpha value is -3.48. The Morgan fingerprint density at radius 3 is 2.66 bits per heavy atom. The minimum Gasteiger partial charge on any atom is -0.481 e. The Bertz CT molecular complexity index is 1230. The number of aromatic amines is 1. The molecule has 0 saturated heterocycles. The SMILES string of the molecule is COc1nc(-c2ccc3cccc(F)c3c2)ccc1C(c1noc(=O)[nH]1)C(C)C. The van der Waals surface area contributed by atoms with Crippen LogP contribution in [0.4, 0.5) is 4.39 Å². The van der Waals surface area contributed by atoms with Crippen molar-refractivity contribution in [2.75, 3.05) is 7.11 Å². The molecule has 1 unspecified atom stereocenters. The number of pyridine rings is 1. The first-order valence-electron chi connectivity index (χ1n) is 9.27. The zero-order valence-electron chi connectivity index (χ0n) is 16.3. The number of benzene rings is 2. The lowest BCUT2D eigenvalue weighted by Crippen LogP contribution is -2.13. The van der Waals surface area contributed by atoms with E-state index >= 15 is 0 Å². The molecule has 4 aromatic rings. The Morgan fingerprint density at radius 1 is 1.14 bits per heavy atom. The molecule has 0 amide bonds. The fourth-order valence-corrected chi connectivity index (χ4v) is 3.60. The summed E-state index contributed by atoms with van der Waals surface area (Å²) in [7, 11) is 1.54. The summed E-state index contributed by atoms with van der Waals surface area (Å²) in [5.74, 6) is -0.196. The summed E-state index contributed by atoms with van der Waals surface area (Å²) in [5, 5.41) is 5.21. The molecule has 1 atom stereocenters. The van der Waals surface area contributed by atoms with Gasteiger partial charge in [-0.2, -0.15) is 0 Å². The molecule has 7 heteroatoms. The molecule has 0 aliphatic rings. The van der Waals surface area contributed by atoms with Crippen molar-refractivity contribution in [2.45, 2.75) is 19.8 Å². The van der Waals surface area contributed by atoms with Crippen LogP contribution in [0.2, 0.25) is 0 Å². The van der Waals surface area contributed by atoms with E-state index in [2.05, 4.69) is 19.6 Å². The van der Waals surface area contributed by atoms with Gasteiger partial charge >= 0.3 is 5.76 Å². The van der Waals surface area contributed by atoms with Crippen LogP contribution in [0.25, 0.3) is 22.0 Å². The number of hydrogen-bond acceptors (Lipinski definition) is 5. The van der Waals surface area contributed by atoms with Crippen molar-refractivity contribution in [2.24, 2.45) is 5.92 Å². The van der Waals surface area contributed by atoms with Crippen LogP contribution in [0.3, 0.4) is 0 Å². The van der Waals surface area contributed by atoms with Crippen LogP contribution in [-0.2, 0) is 0 Å². The van der Waals surface area contributed by atoms with E-state index in [0.717, 1.165) is 16.5 Å². The number of rotatable bonds is 5. The van der Waals surface area contributed by atoms with Gasteiger partial charge in [-0.15, -0.1) is 0 Å².